The smallest absolute Gasteiger partial charge is 0.324 e. The van der Waals surface area contributed by atoms with Crippen molar-refractivity contribution in [3.05, 3.63) is 0 Å². The van der Waals surface area contributed by atoms with Crippen LogP contribution in [0.4, 0.5) is 4.79 Å². The summed E-state index contributed by atoms with van der Waals surface area (Å²) in [7, 11) is 0. The van der Waals surface area contributed by atoms with E-state index in [9.17, 15) is 9.59 Å². The summed E-state index contributed by atoms with van der Waals surface area (Å²) in [6, 6.07) is -0.000256. The second kappa shape index (κ2) is 4.05. The summed E-state index contributed by atoms with van der Waals surface area (Å²) in [6.07, 6.45) is 3.39. The van der Waals surface area contributed by atoms with Gasteiger partial charge in [0.05, 0.1) is 0 Å². The van der Waals surface area contributed by atoms with Crippen molar-refractivity contribution < 1.29 is 9.59 Å². The summed E-state index contributed by atoms with van der Waals surface area (Å²) in [5, 5.41) is 6.03. The first-order chi connectivity index (χ1) is 7.50. The third-order valence-corrected chi connectivity index (χ3v) is 3.26. The van der Waals surface area contributed by atoms with Gasteiger partial charge in [-0.05, 0) is 33.2 Å². The minimum atomic E-state index is -0.744. The molecule has 2 aliphatic rings. The molecular formula is C11H19N3O2. The van der Waals surface area contributed by atoms with Gasteiger partial charge in [0.1, 0.15) is 5.54 Å². The topological polar surface area (TPSA) is 61.4 Å². The number of carbonyl (C=O) groups is 2. The largest absolute Gasteiger partial charge is 0.325 e. The molecule has 2 N–H and O–H groups in total. The van der Waals surface area contributed by atoms with E-state index < -0.39 is 5.54 Å². The van der Waals surface area contributed by atoms with Gasteiger partial charge in [0.2, 0.25) is 0 Å². The van der Waals surface area contributed by atoms with Crippen LogP contribution >= 0.6 is 0 Å². The number of carbonyl (C=O) groups excluding carboxylic acids is 2. The van der Waals surface area contributed by atoms with Crippen LogP contribution in [-0.2, 0) is 4.79 Å². The van der Waals surface area contributed by atoms with E-state index in [1.807, 2.05) is 0 Å². The van der Waals surface area contributed by atoms with Gasteiger partial charge in [-0.2, -0.15) is 0 Å². The number of urea groups is 1. The van der Waals surface area contributed by atoms with E-state index in [4.69, 9.17) is 0 Å². The van der Waals surface area contributed by atoms with Crippen LogP contribution in [0.1, 0.15) is 33.1 Å². The molecule has 0 aromatic heterocycles. The lowest BCUT2D eigenvalue weighted by atomic mass is 10.0. The number of rotatable bonds is 2. The Morgan fingerprint density at radius 2 is 2.12 bits per heavy atom. The molecular weight excluding hydrogens is 206 g/mol. The van der Waals surface area contributed by atoms with Gasteiger partial charge >= 0.3 is 6.03 Å². The number of hydrogen-bond donors (Lipinski definition) is 2. The van der Waals surface area contributed by atoms with Gasteiger partial charge in [-0.15, -0.1) is 0 Å². The van der Waals surface area contributed by atoms with Crippen LogP contribution in [0.5, 0.6) is 0 Å². The molecule has 0 aliphatic carbocycles. The van der Waals surface area contributed by atoms with Crippen molar-refractivity contribution in [1.82, 2.24) is 15.5 Å². The SMILES string of the molecule is CC1(C)NC(=O)N(CC2CCCCN2)C1=O. The number of nitrogens with one attached hydrogen (secondary N) is 2. The van der Waals surface area contributed by atoms with Crippen LogP contribution in [0.2, 0.25) is 0 Å². The average molecular weight is 225 g/mol. The summed E-state index contributed by atoms with van der Waals surface area (Å²) in [6.45, 7) is 4.95. The molecule has 0 aromatic carbocycles. The van der Waals surface area contributed by atoms with Gasteiger partial charge in [-0.1, -0.05) is 6.42 Å². The lowest BCUT2D eigenvalue weighted by molar-refractivity contribution is -0.130. The van der Waals surface area contributed by atoms with E-state index in [0.717, 1.165) is 13.0 Å². The second-order valence-corrected chi connectivity index (χ2v) is 5.12. The third kappa shape index (κ3) is 2.04. The van der Waals surface area contributed by atoms with Crippen molar-refractivity contribution in [3.8, 4) is 0 Å². The Hall–Kier alpha value is -1.10. The minimum Gasteiger partial charge on any atom is -0.324 e. The van der Waals surface area contributed by atoms with E-state index in [2.05, 4.69) is 10.6 Å². The first-order valence-corrected chi connectivity index (χ1v) is 5.88. The van der Waals surface area contributed by atoms with E-state index in [0.29, 0.717) is 6.54 Å². The van der Waals surface area contributed by atoms with Crippen LogP contribution in [0.15, 0.2) is 0 Å². The predicted molar refractivity (Wildman–Crippen MR) is 60.0 cm³/mol. The van der Waals surface area contributed by atoms with Gasteiger partial charge in [0, 0.05) is 12.6 Å². The highest BCUT2D eigenvalue weighted by atomic mass is 16.2. The van der Waals surface area contributed by atoms with E-state index in [1.54, 1.807) is 13.8 Å². The van der Waals surface area contributed by atoms with Gasteiger partial charge in [0.15, 0.2) is 0 Å². The van der Waals surface area contributed by atoms with Crippen LogP contribution in [0, 0.1) is 0 Å². The summed E-state index contributed by atoms with van der Waals surface area (Å²) < 4.78 is 0. The van der Waals surface area contributed by atoms with Crippen LogP contribution in [-0.4, -0.2) is 41.5 Å². The number of piperidine rings is 1. The van der Waals surface area contributed by atoms with E-state index in [1.165, 1.54) is 17.7 Å². The molecule has 5 heteroatoms. The van der Waals surface area contributed by atoms with Crippen molar-refractivity contribution in [2.75, 3.05) is 13.1 Å². The first kappa shape index (κ1) is 11.4. The van der Waals surface area contributed by atoms with Crippen molar-refractivity contribution in [2.45, 2.75) is 44.7 Å². The molecule has 0 saturated carbocycles. The zero-order valence-corrected chi connectivity index (χ0v) is 9.88. The van der Waals surface area contributed by atoms with Gasteiger partial charge in [-0.25, -0.2) is 4.79 Å². The molecule has 3 amide bonds. The summed E-state index contributed by atoms with van der Waals surface area (Å²) >= 11 is 0. The molecule has 2 heterocycles. The third-order valence-electron chi connectivity index (χ3n) is 3.26. The molecule has 2 aliphatic heterocycles. The Morgan fingerprint density at radius 3 is 2.62 bits per heavy atom. The average Bonchev–Trinajstić information content (AvgIpc) is 2.42. The minimum absolute atomic E-state index is 0.120. The summed E-state index contributed by atoms with van der Waals surface area (Å²) in [5.74, 6) is -0.120. The second-order valence-electron chi connectivity index (χ2n) is 5.12. The van der Waals surface area contributed by atoms with Crippen molar-refractivity contribution in [3.63, 3.8) is 0 Å². The van der Waals surface area contributed by atoms with Gasteiger partial charge < -0.3 is 10.6 Å². The van der Waals surface area contributed by atoms with Crippen molar-refractivity contribution in [1.29, 1.82) is 0 Å². The Bertz CT molecular complexity index is 308. The zero-order valence-electron chi connectivity index (χ0n) is 9.88. The molecule has 90 valence electrons. The molecule has 0 spiro atoms. The van der Waals surface area contributed by atoms with Crippen LogP contribution in [0.3, 0.4) is 0 Å². The first-order valence-electron chi connectivity index (χ1n) is 5.88. The zero-order chi connectivity index (χ0) is 11.8. The lowest BCUT2D eigenvalue weighted by Gasteiger charge is -2.26. The maximum absolute atomic E-state index is 11.9. The highest BCUT2D eigenvalue weighted by Gasteiger charge is 2.44. The fourth-order valence-electron chi connectivity index (χ4n) is 2.28. The molecule has 1 atom stereocenters. The summed E-state index contributed by atoms with van der Waals surface area (Å²) in [5.41, 5.74) is -0.744. The Kier molecular flexibility index (Phi) is 2.88. The number of nitrogens with zero attached hydrogens (tertiary/aromatic N) is 1. The lowest BCUT2D eigenvalue weighted by Crippen LogP contribution is -2.46. The van der Waals surface area contributed by atoms with Crippen molar-refractivity contribution >= 4 is 11.9 Å². The maximum Gasteiger partial charge on any atom is 0.325 e. The predicted octanol–water partition coefficient (Wildman–Crippen LogP) is 0.459. The molecule has 2 fully saturated rings. The van der Waals surface area contributed by atoms with E-state index in [-0.39, 0.29) is 18.0 Å². The van der Waals surface area contributed by atoms with Crippen LogP contribution < -0.4 is 10.6 Å². The number of imide groups is 1. The molecule has 5 nitrogen and oxygen atoms in total. The standard InChI is InChI=1S/C11H19N3O2/c1-11(2)9(15)14(10(16)13-11)7-8-5-3-4-6-12-8/h8,12H,3-7H2,1-2H3,(H,13,16). The van der Waals surface area contributed by atoms with Crippen LogP contribution in [0.25, 0.3) is 0 Å². The monoisotopic (exact) mass is 225 g/mol. The quantitative estimate of drug-likeness (QED) is 0.671. The number of hydrogen-bond acceptors (Lipinski definition) is 3. The number of amides is 3. The molecule has 0 aromatic rings. The molecule has 16 heavy (non-hydrogen) atoms. The van der Waals surface area contributed by atoms with E-state index >= 15 is 0 Å². The molecule has 2 rings (SSSR count). The Balaban J connectivity index is 1.99. The molecule has 0 bridgehead atoms. The molecule has 1 unspecified atom stereocenters. The van der Waals surface area contributed by atoms with Gasteiger partial charge in [0.25, 0.3) is 5.91 Å². The molecule has 2 saturated heterocycles. The fourth-order valence-corrected chi connectivity index (χ4v) is 2.28. The van der Waals surface area contributed by atoms with Crippen molar-refractivity contribution in [2.24, 2.45) is 0 Å². The Morgan fingerprint density at radius 1 is 1.38 bits per heavy atom. The summed E-state index contributed by atoms with van der Waals surface area (Å²) in [4.78, 5) is 24.9. The van der Waals surface area contributed by atoms with Gasteiger partial charge in [-0.3, -0.25) is 9.69 Å². The highest BCUT2D eigenvalue weighted by molar-refractivity contribution is 6.06. The molecule has 0 radical (unpaired) electrons. The fraction of sp³-hybridized carbons (Fsp3) is 0.818. The maximum atomic E-state index is 11.9. The normalized spacial score (nSPS) is 29.4. The Labute approximate surface area is 95.6 Å². The highest BCUT2D eigenvalue weighted by Crippen LogP contribution is 2.18.